The highest BCUT2D eigenvalue weighted by atomic mass is 16.5. The van der Waals surface area contributed by atoms with Crippen LogP contribution in [0.5, 0.6) is 0 Å². The van der Waals surface area contributed by atoms with Crippen molar-refractivity contribution in [2.45, 2.75) is 18.5 Å². The van der Waals surface area contributed by atoms with Crippen LogP contribution in [0.3, 0.4) is 0 Å². The molecule has 6 heteroatoms. The summed E-state index contributed by atoms with van der Waals surface area (Å²) in [5.74, 6) is 0.0687. The van der Waals surface area contributed by atoms with E-state index in [4.69, 9.17) is 4.74 Å². The molecule has 2 unspecified atom stereocenters. The molecule has 0 aliphatic carbocycles. The first-order chi connectivity index (χ1) is 10.8. The highest BCUT2D eigenvalue weighted by molar-refractivity contribution is 5.82. The molecule has 120 valence electrons. The van der Waals surface area contributed by atoms with Crippen LogP contribution in [0.15, 0.2) is 30.3 Å². The maximum atomic E-state index is 12.2. The van der Waals surface area contributed by atoms with Gasteiger partial charge in [0, 0.05) is 32.2 Å². The molecular weight excluding hydrogens is 280 g/mol. The van der Waals surface area contributed by atoms with Crippen molar-refractivity contribution in [1.29, 1.82) is 0 Å². The lowest BCUT2D eigenvalue weighted by atomic mass is 10.0. The van der Waals surface area contributed by atoms with Gasteiger partial charge in [-0.1, -0.05) is 30.3 Å². The first kappa shape index (κ1) is 15.4. The topological polar surface area (TPSA) is 65.6 Å². The lowest BCUT2D eigenvalue weighted by Gasteiger charge is -2.26. The van der Waals surface area contributed by atoms with E-state index in [1.165, 1.54) is 5.56 Å². The minimum absolute atomic E-state index is 0.0687. The first-order valence-electron chi connectivity index (χ1n) is 7.97. The van der Waals surface area contributed by atoms with E-state index in [1.807, 2.05) is 18.2 Å². The summed E-state index contributed by atoms with van der Waals surface area (Å²) in [5.41, 5.74) is 7.51. The fraction of sp³-hybridized carbons (Fsp3) is 0.562. The van der Waals surface area contributed by atoms with E-state index < -0.39 is 0 Å². The van der Waals surface area contributed by atoms with Crippen molar-refractivity contribution in [3.63, 3.8) is 0 Å². The molecule has 0 aromatic heterocycles. The smallest absolute Gasteiger partial charge is 0.238 e. The van der Waals surface area contributed by atoms with Crippen LogP contribution < -0.4 is 16.2 Å². The number of nitrogens with zero attached hydrogens (tertiary/aromatic N) is 1. The van der Waals surface area contributed by atoms with Gasteiger partial charge < -0.3 is 10.1 Å². The summed E-state index contributed by atoms with van der Waals surface area (Å²) in [4.78, 5) is 14.5. The Morgan fingerprint density at radius 2 is 2.00 bits per heavy atom. The van der Waals surface area contributed by atoms with Gasteiger partial charge in [0.1, 0.15) is 6.04 Å². The molecule has 3 N–H and O–H groups in total. The molecule has 1 aromatic carbocycles. The number of rotatable bonds is 5. The van der Waals surface area contributed by atoms with E-state index in [0.29, 0.717) is 6.54 Å². The second-order valence-electron chi connectivity index (χ2n) is 5.79. The minimum atomic E-state index is -0.171. The largest absolute Gasteiger partial charge is 0.379 e. The number of benzene rings is 1. The Morgan fingerprint density at radius 1 is 1.23 bits per heavy atom. The molecule has 2 aliphatic heterocycles. The van der Waals surface area contributed by atoms with Crippen LogP contribution in [0.2, 0.25) is 0 Å². The fourth-order valence-electron chi connectivity index (χ4n) is 2.92. The van der Waals surface area contributed by atoms with Gasteiger partial charge in [-0.2, -0.15) is 0 Å². The van der Waals surface area contributed by atoms with E-state index in [-0.39, 0.29) is 18.0 Å². The van der Waals surface area contributed by atoms with E-state index in [1.54, 1.807) is 0 Å². The van der Waals surface area contributed by atoms with Crippen molar-refractivity contribution in [2.24, 2.45) is 0 Å². The SMILES string of the molecule is O=C(NCCN1CCOCC1)C1CC(c2ccccc2)NN1. The normalized spacial score (nSPS) is 26.0. The van der Waals surface area contributed by atoms with Gasteiger partial charge in [-0.05, 0) is 12.0 Å². The molecular formula is C16H24N4O2. The molecule has 0 saturated carbocycles. The Balaban J connectivity index is 1.40. The molecule has 6 nitrogen and oxygen atoms in total. The van der Waals surface area contributed by atoms with Crippen molar-refractivity contribution in [3.8, 4) is 0 Å². The van der Waals surface area contributed by atoms with Crippen LogP contribution in [-0.4, -0.2) is 56.2 Å². The number of hydrazine groups is 1. The average molecular weight is 304 g/mol. The number of amides is 1. The highest BCUT2D eigenvalue weighted by Crippen LogP contribution is 2.21. The van der Waals surface area contributed by atoms with Gasteiger partial charge in [0.2, 0.25) is 5.91 Å². The third kappa shape index (κ3) is 4.04. The Labute approximate surface area is 131 Å². The number of hydrogen-bond acceptors (Lipinski definition) is 5. The van der Waals surface area contributed by atoms with Gasteiger partial charge >= 0.3 is 0 Å². The van der Waals surface area contributed by atoms with Gasteiger partial charge in [-0.25, -0.2) is 10.9 Å². The van der Waals surface area contributed by atoms with Gasteiger partial charge in [0.05, 0.1) is 13.2 Å². The van der Waals surface area contributed by atoms with Crippen LogP contribution in [0.25, 0.3) is 0 Å². The van der Waals surface area contributed by atoms with E-state index >= 15 is 0 Å². The summed E-state index contributed by atoms with van der Waals surface area (Å²) in [7, 11) is 0. The predicted molar refractivity (Wildman–Crippen MR) is 84.1 cm³/mol. The maximum absolute atomic E-state index is 12.2. The fourth-order valence-corrected chi connectivity index (χ4v) is 2.92. The Bertz CT molecular complexity index is 476. The van der Waals surface area contributed by atoms with Crippen molar-refractivity contribution in [1.82, 2.24) is 21.1 Å². The third-order valence-corrected chi connectivity index (χ3v) is 4.25. The maximum Gasteiger partial charge on any atom is 0.238 e. The Hall–Kier alpha value is -1.47. The van der Waals surface area contributed by atoms with E-state index in [0.717, 1.165) is 39.3 Å². The van der Waals surface area contributed by atoms with Gasteiger partial charge in [0.15, 0.2) is 0 Å². The lowest BCUT2D eigenvalue weighted by Crippen LogP contribution is -2.46. The molecule has 1 aromatic rings. The standard InChI is InChI=1S/C16H24N4O2/c21-16(17-6-7-20-8-10-22-11-9-20)15-12-14(18-19-15)13-4-2-1-3-5-13/h1-5,14-15,18-19H,6-12H2,(H,17,21). The first-order valence-corrected chi connectivity index (χ1v) is 7.97. The van der Waals surface area contributed by atoms with Crippen LogP contribution in [0.4, 0.5) is 0 Å². The average Bonchev–Trinajstić information content (AvgIpc) is 3.07. The zero-order valence-corrected chi connectivity index (χ0v) is 12.8. The zero-order valence-electron chi connectivity index (χ0n) is 12.8. The Kier molecular flexibility index (Phi) is 5.39. The molecule has 2 heterocycles. The summed E-state index contributed by atoms with van der Waals surface area (Å²) < 4.78 is 5.31. The summed E-state index contributed by atoms with van der Waals surface area (Å²) in [5, 5.41) is 3.02. The number of morpholine rings is 1. The summed E-state index contributed by atoms with van der Waals surface area (Å²) >= 11 is 0. The Morgan fingerprint density at radius 3 is 2.77 bits per heavy atom. The molecule has 0 bridgehead atoms. The van der Waals surface area contributed by atoms with Crippen molar-refractivity contribution >= 4 is 5.91 Å². The molecule has 0 spiro atoms. The number of nitrogens with one attached hydrogen (secondary N) is 3. The number of carbonyl (C=O) groups excluding carboxylic acids is 1. The summed E-state index contributed by atoms with van der Waals surface area (Å²) in [6.07, 6.45) is 0.771. The van der Waals surface area contributed by atoms with Gasteiger partial charge in [-0.3, -0.25) is 9.69 Å². The molecule has 2 aliphatic rings. The number of carbonyl (C=O) groups is 1. The van der Waals surface area contributed by atoms with Crippen molar-refractivity contribution in [2.75, 3.05) is 39.4 Å². The molecule has 0 radical (unpaired) electrons. The monoisotopic (exact) mass is 304 g/mol. The zero-order chi connectivity index (χ0) is 15.2. The second-order valence-corrected chi connectivity index (χ2v) is 5.79. The van der Waals surface area contributed by atoms with E-state index in [9.17, 15) is 4.79 Å². The molecule has 3 rings (SSSR count). The minimum Gasteiger partial charge on any atom is -0.379 e. The molecule has 2 saturated heterocycles. The summed E-state index contributed by atoms with van der Waals surface area (Å²) in [6, 6.07) is 10.2. The van der Waals surface area contributed by atoms with E-state index in [2.05, 4.69) is 33.2 Å². The highest BCUT2D eigenvalue weighted by Gasteiger charge is 2.29. The number of hydrogen-bond donors (Lipinski definition) is 3. The third-order valence-electron chi connectivity index (χ3n) is 4.25. The molecule has 2 fully saturated rings. The summed E-state index contributed by atoms with van der Waals surface area (Å²) in [6.45, 7) is 5.07. The quantitative estimate of drug-likeness (QED) is 0.717. The molecule has 1 amide bonds. The van der Waals surface area contributed by atoms with Gasteiger partial charge in [0.25, 0.3) is 0 Å². The van der Waals surface area contributed by atoms with Crippen LogP contribution >= 0.6 is 0 Å². The lowest BCUT2D eigenvalue weighted by molar-refractivity contribution is -0.123. The van der Waals surface area contributed by atoms with Crippen molar-refractivity contribution in [3.05, 3.63) is 35.9 Å². The van der Waals surface area contributed by atoms with Crippen LogP contribution in [-0.2, 0) is 9.53 Å². The molecule has 2 atom stereocenters. The molecule has 22 heavy (non-hydrogen) atoms. The van der Waals surface area contributed by atoms with Crippen LogP contribution in [0.1, 0.15) is 18.0 Å². The predicted octanol–water partition coefficient (Wildman–Crippen LogP) is 0.0426. The van der Waals surface area contributed by atoms with Crippen LogP contribution in [0, 0.1) is 0 Å². The number of ether oxygens (including phenoxy) is 1. The second kappa shape index (κ2) is 7.69. The van der Waals surface area contributed by atoms with Crippen molar-refractivity contribution < 1.29 is 9.53 Å². The van der Waals surface area contributed by atoms with Gasteiger partial charge in [-0.15, -0.1) is 0 Å².